The van der Waals surface area contributed by atoms with Crippen LogP contribution < -0.4 is 5.32 Å². The number of rotatable bonds is 3. The van der Waals surface area contributed by atoms with E-state index in [-0.39, 0.29) is 0 Å². The number of aliphatic hydroxyl groups is 1. The van der Waals surface area contributed by atoms with Gasteiger partial charge in [-0.25, -0.2) is 0 Å². The van der Waals surface area contributed by atoms with Gasteiger partial charge in [0.05, 0.1) is 6.07 Å². The highest BCUT2D eigenvalue weighted by atomic mass is 16.3. The molecule has 0 aliphatic rings. The van der Waals surface area contributed by atoms with Gasteiger partial charge in [-0.3, -0.25) is 4.79 Å². The van der Waals surface area contributed by atoms with Crippen LogP contribution in [0.15, 0.2) is 0 Å². The van der Waals surface area contributed by atoms with Crippen LogP contribution in [0.2, 0.25) is 0 Å². The summed E-state index contributed by atoms with van der Waals surface area (Å²) < 4.78 is 0. The molecule has 0 aromatic heterocycles. The van der Waals surface area contributed by atoms with Gasteiger partial charge in [-0.2, -0.15) is 5.26 Å². The topological polar surface area (TPSA) is 73.1 Å². The lowest BCUT2D eigenvalue weighted by atomic mass is 10.2. The minimum atomic E-state index is -0.995. The Morgan fingerprint density at radius 3 is 2.73 bits per heavy atom. The minimum Gasteiger partial charge on any atom is -0.383 e. The molecule has 0 aliphatic heterocycles. The summed E-state index contributed by atoms with van der Waals surface area (Å²) in [5, 5.41) is 19.6. The van der Waals surface area contributed by atoms with Crippen molar-refractivity contribution >= 4 is 5.91 Å². The third kappa shape index (κ3) is 3.58. The fourth-order valence-electron chi connectivity index (χ4n) is 0.527. The largest absolute Gasteiger partial charge is 0.383 e. The van der Waals surface area contributed by atoms with Gasteiger partial charge in [-0.05, 0) is 13.3 Å². The number of hydrogen-bond donors (Lipinski definition) is 2. The number of aliphatic hydroxyl groups excluding tert-OH is 1. The summed E-state index contributed by atoms with van der Waals surface area (Å²) in [6, 6.07) is 1.29. The van der Waals surface area contributed by atoms with Gasteiger partial charge >= 0.3 is 0 Å². The lowest BCUT2D eigenvalue weighted by molar-refractivity contribution is -0.129. The minimum absolute atomic E-state index is 0.365. The molecule has 0 aromatic carbocycles. The van der Waals surface area contributed by atoms with E-state index < -0.39 is 18.1 Å². The molecule has 2 atom stereocenters. The molecule has 1 amide bonds. The Morgan fingerprint density at radius 2 is 2.36 bits per heavy atom. The van der Waals surface area contributed by atoms with Crippen LogP contribution in [0, 0.1) is 11.3 Å². The van der Waals surface area contributed by atoms with E-state index in [1.54, 1.807) is 13.8 Å². The van der Waals surface area contributed by atoms with Crippen molar-refractivity contribution in [2.75, 3.05) is 0 Å². The van der Waals surface area contributed by atoms with Gasteiger partial charge in [0.2, 0.25) is 5.91 Å². The van der Waals surface area contributed by atoms with Crippen LogP contribution in [0.25, 0.3) is 0 Å². The molecule has 0 bridgehead atoms. The average molecular weight is 156 g/mol. The van der Waals surface area contributed by atoms with E-state index in [0.717, 1.165) is 0 Å². The summed E-state index contributed by atoms with van der Waals surface area (Å²) in [5.74, 6) is -0.485. The molecule has 62 valence electrons. The number of amides is 1. The Kier molecular flexibility index (Phi) is 4.23. The van der Waals surface area contributed by atoms with Crippen molar-refractivity contribution in [1.29, 1.82) is 5.26 Å². The molecular weight excluding hydrogens is 144 g/mol. The molecule has 11 heavy (non-hydrogen) atoms. The first-order chi connectivity index (χ1) is 5.11. The van der Waals surface area contributed by atoms with E-state index in [0.29, 0.717) is 6.42 Å². The van der Waals surface area contributed by atoms with E-state index in [4.69, 9.17) is 10.4 Å². The third-order valence-electron chi connectivity index (χ3n) is 1.24. The van der Waals surface area contributed by atoms with E-state index >= 15 is 0 Å². The summed E-state index contributed by atoms with van der Waals surface area (Å²) in [7, 11) is 0. The number of nitrogens with one attached hydrogen (secondary N) is 1. The molecule has 4 heteroatoms. The van der Waals surface area contributed by atoms with Gasteiger partial charge in [0.1, 0.15) is 12.1 Å². The van der Waals surface area contributed by atoms with E-state index in [9.17, 15) is 4.79 Å². The second-order valence-electron chi connectivity index (χ2n) is 2.28. The zero-order chi connectivity index (χ0) is 8.85. The van der Waals surface area contributed by atoms with Crippen LogP contribution in [0.5, 0.6) is 0 Å². The predicted octanol–water partition coefficient (Wildman–Crippen LogP) is -0.214. The molecule has 0 saturated heterocycles. The van der Waals surface area contributed by atoms with E-state index in [2.05, 4.69) is 5.32 Å². The van der Waals surface area contributed by atoms with E-state index in [1.165, 1.54) is 0 Å². The predicted molar refractivity (Wildman–Crippen MR) is 39.5 cm³/mol. The van der Waals surface area contributed by atoms with Crippen LogP contribution in [0.4, 0.5) is 0 Å². The van der Waals surface area contributed by atoms with Crippen LogP contribution in [0.3, 0.4) is 0 Å². The highest BCUT2D eigenvalue weighted by molar-refractivity contribution is 5.80. The van der Waals surface area contributed by atoms with E-state index in [1.807, 2.05) is 6.07 Å². The van der Waals surface area contributed by atoms with Gasteiger partial charge in [-0.1, -0.05) is 6.92 Å². The first-order valence-electron chi connectivity index (χ1n) is 3.49. The number of carbonyl (C=O) groups is 1. The number of hydrogen-bond acceptors (Lipinski definition) is 3. The summed E-state index contributed by atoms with van der Waals surface area (Å²) in [6.07, 6.45) is -0.630. The zero-order valence-corrected chi connectivity index (χ0v) is 6.66. The zero-order valence-electron chi connectivity index (χ0n) is 6.66. The lowest BCUT2D eigenvalue weighted by Crippen LogP contribution is -2.38. The van der Waals surface area contributed by atoms with Crippen molar-refractivity contribution in [2.24, 2.45) is 0 Å². The molecular formula is C7H12N2O2. The maximum Gasteiger partial charge on any atom is 0.249 e. The smallest absolute Gasteiger partial charge is 0.249 e. The molecule has 0 rings (SSSR count). The Morgan fingerprint density at radius 1 is 1.82 bits per heavy atom. The van der Waals surface area contributed by atoms with Gasteiger partial charge in [0.15, 0.2) is 0 Å². The number of nitrogens with zero attached hydrogens (tertiary/aromatic N) is 1. The SMILES string of the molecule is CCC(O)C(=O)NC(C)C#N. The van der Waals surface area contributed by atoms with Crippen molar-refractivity contribution in [3.63, 3.8) is 0 Å². The highest BCUT2D eigenvalue weighted by Gasteiger charge is 2.13. The standard InChI is InChI=1S/C7H12N2O2/c1-3-6(10)7(11)9-5(2)4-8/h5-6,10H,3H2,1-2H3,(H,9,11). The molecule has 0 radical (unpaired) electrons. The molecule has 0 aromatic rings. The van der Waals surface area contributed by atoms with Crippen molar-refractivity contribution < 1.29 is 9.90 Å². The molecule has 0 heterocycles. The summed E-state index contributed by atoms with van der Waals surface area (Å²) in [5.41, 5.74) is 0. The molecule has 4 nitrogen and oxygen atoms in total. The van der Waals surface area contributed by atoms with Crippen molar-refractivity contribution in [3.8, 4) is 6.07 Å². The van der Waals surface area contributed by atoms with Crippen molar-refractivity contribution in [3.05, 3.63) is 0 Å². The Hall–Kier alpha value is -1.08. The normalized spacial score (nSPS) is 14.7. The summed E-state index contributed by atoms with van der Waals surface area (Å²) in [6.45, 7) is 3.25. The van der Waals surface area contributed by atoms with Crippen LogP contribution in [-0.2, 0) is 4.79 Å². The Balaban J connectivity index is 3.80. The fourth-order valence-corrected chi connectivity index (χ4v) is 0.527. The van der Waals surface area contributed by atoms with Crippen molar-refractivity contribution in [1.82, 2.24) is 5.32 Å². The van der Waals surface area contributed by atoms with Gasteiger partial charge < -0.3 is 10.4 Å². The second kappa shape index (κ2) is 4.69. The number of carbonyl (C=O) groups excluding carboxylic acids is 1. The highest BCUT2D eigenvalue weighted by Crippen LogP contribution is 1.90. The molecule has 0 saturated carbocycles. The van der Waals surface area contributed by atoms with Gasteiger partial charge in [0, 0.05) is 0 Å². The monoisotopic (exact) mass is 156 g/mol. The van der Waals surface area contributed by atoms with Crippen LogP contribution in [0.1, 0.15) is 20.3 Å². The van der Waals surface area contributed by atoms with Gasteiger partial charge in [0.25, 0.3) is 0 Å². The van der Waals surface area contributed by atoms with Gasteiger partial charge in [-0.15, -0.1) is 0 Å². The first kappa shape index (κ1) is 9.92. The summed E-state index contributed by atoms with van der Waals surface area (Å²) >= 11 is 0. The molecule has 2 N–H and O–H groups in total. The average Bonchev–Trinajstić information content (AvgIpc) is 2.02. The van der Waals surface area contributed by atoms with Crippen molar-refractivity contribution in [2.45, 2.75) is 32.4 Å². The molecule has 0 spiro atoms. The molecule has 0 aliphatic carbocycles. The third-order valence-corrected chi connectivity index (χ3v) is 1.24. The lowest BCUT2D eigenvalue weighted by Gasteiger charge is -2.09. The quantitative estimate of drug-likeness (QED) is 0.593. The molecule has 0 fully saturated rings. The van der Waals surface area contributed by atoms with Crippen LogP contribution in [-0.4, -0.2) is 23.2 Å². The maximum atomic E-state index is 10.8. The Bertz CT molecular complexity index is 174. The number of nitriles is 1. The Labute approximate surface area is 65.8 Å². The molecule has 2 unspecified atom stereocenters. The maximum absolute atomic E-state index is 10.8. The summed E-state index contributed by atoms with van der Waals surface area (Å²) in [4.78, 5) is 10.8. The first-order valence-corrected chi connectivity index (χ1v) is 3.49. The van der Waals surface area contributed by atoms with Crippen LogP contribution >= 0.6 is 0 Å². The second-order valence-corrected chi connectivity index (χ2v) is 2.28. The fraction of sp³-hybridized carbons (Fsp3) is 0.714.